The van der Waals surface area contributed by atoms with Crippen LogP contribution in [0, 0.1) is 0 Å². The van der Waals surface area contributed by atoms with Gasteiger partial charge in [0.2, 0.25) is 0 Å². The van der Waals surface area contributed by atoms with E-state index in [2.05, 4.69) is 31.1 Å². The van der Waals surface area contributed by atoms with Crippen molar-refractivity contribution in [2.45, 2.75) is 25.7 Å². The van der Waals surface area contributed by atoms with Crippen molar-refractivity contribution in [2.24, 2.45) is 31.1 Å². The summed E-state index contributed by atoms with van der Waals surface area (Å²) in [6, 6.07) is 0. The van der Waals surface area contributed by atoms with E-state index in [-0.39, 0.29) is 0 Å². The second kappa shape index (κ2) is 6.51. The molecule has 66 valence electrons. The van der Waals surface area contributed by atoms with Crippen LogP contribution in [0.4, 0.5) is 0 Å². The molecular formula is C6H12N6. The van der Waals surface area contributed by atoms with E-state index >= 15 is 0 Å². The van der Waals surface area contributed by atoms with Crippen molar-refractivity contribution in [1.29, 1.82) is 0 Å². The Morgan fingerprint density at radius 3 is 1.50 bits per heavy atom. The lowest BCUT2D eigenvalue weighted by Gasteiger charge is -1.95. The summed E-state index contributed by atoms with van der Waals surface area (Å²) >= 11 is 0. The van der Waals surface area contributed by atoms with Gasteiger partial charge in [-0.25, -0.2) is 0 Å². The molecule has 0 saturated carbocycles. The maximum absolute atomic E-state index is 3.77. The third-order valence-corrected chi connectivity index (χ3v) is 1.51. The van der Waals surface area contributed by atoms with Crippen molar-refractivity contribution in [3.8, 4) is 0 Å². The maximum Gasteiger partial charge on any atom is 0.0621 e. The lowest BCUT2D eigenvalue weighted by molar-refractivity contribution is 0.621. The fourth-order valence-electron chi connectivity index (χ4n) is 0.900. The molecule has 12 heavy (non-hydrogen) atoms. The van der Waals surface area contributed by atoms with Gasteiger partial charge in [0.25, 0.3) is 0 Å². The highest BCUT2D eigenvalue weighted by atomic mass is 15.6. The summed E-state index contributed by atoms with van der Waals surface area (Å²) in [4.78, 5) is 0. The van der Waals surface area contributed by atoms with Gasteiger partial charge in [0, 0.05) is 0 Å². The average molecular weight is 168 g/mol. The van der Waals surface area contributed by atoms with Gasteiger partial charge >= 0.3 is 0 Å². The van der Waals surface area contributed by atoms with Gasteiger partial charge in [-0.1, -0.05) is 12.8 Å². The third-order valence-electron chi connectivity index (χ3n) is 1.51. The van der Waals surface area contributed by atoms with Crippen LogP contribution in [0.25, 0.3) is 0 Å². The lowest BCUT2D eigenvalue weighted by atomic mass is 10.2. The topological polar surface area (TPSA) is 74.2 Å². The molecule has 6 nitrogen and oxygen atoms in total. The van der Waals surface area contributed by atoms with Gasteiger partial charge in [0.1, 0.15) is 0 Å². The molecule has 0 fully saturated rings. The summed E-state index contributed by atoms with van der Waals surface area (Å²) in [6.07, 6.45) is 4.48. The van der Waals surface area contributed by atoms with Gasteiger partial charge < -0.3 is 0 Å². The first kappa shape index (κ1) is 8.89. The summed E-state index contributed by atoms with van der Waals surface area (Å²) < 4.78 is 0. The second-order valence-electron chi connectivity index (χ2n) is 2.50. The van der Waals surface area contributed by atoms with Crippen LogP contribution in [-0.2, 0) is 0 Å². The SMILES string of the molecule is C1CCCN=N/N=N\N=NCC1. The molecule has 6 heteroatoms. The van der Waals surface area contributed by atoms with Gasteiger partial charge in [-0.15, -0.1) is 0 Å². The average Bonchev–Trinajstić information content (AvgIpc) is 2.05. The highest BCUT2D eigenvalue weighted by molar-refractivity contribution is 4.47. The molecule has 0 aliphatic carbocycles. The van der Waals surface area contributed by atoms with Gasteiger partial charge in [0.15, 0.2) is 0 Å². The van der Waals surface area contributed by atoms with E-state index in [4.69, 9.17) is 0 Å². The first-order valence-electron chi connectivity index (χ1n) is 4.13. The fraction of sp³-hybridized carbons (Fsp3) is 1.00. The van der Waals surface area contributed by atoms with Gasteiger partial charge in [-0.3, -0.25) is 0 Å². The predicted molar refractivity (Wildman–Crippen MR) is 42.8 cm³/mol. The van der Waals surface area contributed by atoms with Crippen LogP contribution in [0.2, 0.25) is 0 Å². The van der Waals surface area contributed by atoms with Crippen LogP contribution in [0.1, 0.15) is 25.7 Å². The zero-order valence-electron chi connectivity index (χ0n) is 6.93. The molecule has 0 N–H and O–H groups in total. The molecule has 0 spiro atoms. The number of rotatable bonds is 0. The number of hydrogen-bond acceptors (Lipinski definition) is 6. The van der Waals surface area contributed by atoms with Crippen LogP contribution < -0.4 is 0 Å². The summed E-state index contributed by atoms with van der Waals surface area (Å²) in [5, 5.41) is 21.1. The Bertz CT molecular complexity index is 164. The Hall–Kier alpha value is -1.20. The molecule has 0 aromatic carbocycles. The zero-order valence-corrected chi connectivity index (χ0v) is 6.93. The Labute approximate surface area is 70.8 Å². The molecule has 0 aromatic heterocycles. The van der Waals surface area contributed by atoms with E-state index in [0.29, 0.717) is 0 Å². The molecule has 0 saturated heterocycles. The minimum atomic E-state index is 0.732. The Morgan fingerprint density at radius 1 is 0.500 bits per heavy atom. The number of nitrogens with zero attached hydrogens (tertiary/aromatic N) is 6. The van der Waals surface area contributed by atoms with Gasteiger partial charge in [-0.2, -0.15) is 10.2 Å². The normalized spacial score (nSPS) is 22.7. The van der Waals surface area contributed by atoms with Crippen LogP contribution in [0.15, 0.2) is 31.1 Å². The molecule has 0 aromatic rings. The van der Waals surface area contributed by atoms with Crippen LogP contribution in [0.5, 0.6) is 0 Å². The minimum absolute atomic E-state index is 0.732. The third kappa shape index (κ3) is 4.59. The molecule has 0 unspecified atom stereocenters. The summed E-state index contributed by atoms with van der Waals surface area (Å²) in [5.74, 6) is 0. The van der Waals surface area contributed by atoms with Crippen molar-refractivity contribution in [2.75, 3.05) is 13.1 Å². The molecule has 0 atom stereocenters. The van der Waals surface area contributed by atoms with Crippen molar-refractivity contribution >= 4 is 0 Å². The molecule has 0 bridgehead atoms. The van der Waals surface area contributed by atoms with E-state index < -0.39 is 0 Å². The van der Waals surface area contributed by atoms with Crippen molar-refractivity contribution in [1.82, 2.24) is 0 Å². The van der Waals surface area contributed by atoms with Crippen molar-refractivity contribution in [3.63, 3.8) is 0 Å². The largest absolute Gasteiger partial charge is 0.167 e. The Kier molecular flexibility index (Phi) is 4.82. The second-order valence-corrected chi connectivity index (χ2v) is 2.50. The van der Waals surface area contributed by atoms with E-state index in [1.165, 1.54) is 12.8 Å². The van der Waals surface area contributed by atoms with Crippen LogP contribution in [0.3, 0.4) is 0 Å². The standard InChI is InChI=1S/C6H12N6/c1-2-4-6-8-10-12-11-9-7-5-3-1/h1-6H2/b9-7?,10-8?,12-11-. The monoisotopic (exact) mass is 168 g/mol. The molecule has 0 radical (unpaired) electrons. The molecular weight excluding hydrogens is 156 g/mol. The predicted octanol–water partition coefficient (Wildman–Crippen LogP) is 2.75. The minimum Gasteiger partial charge on any atom is -0.167 e. The molecule has 1 aliphatic rings. The van der Waals surface area contributed by atoms with E-state index in [9.17, 15) is 0 Å². The molecule has 1 aliphatic heterocycles. The smallest absolute Gasteiger partial charge is 0.0621 e. The van der Waals surface area contributed by atoms with Crippen LogP contribution >= 0.6 is 0 Å². The van der Waals surface area contributed by atoms with E-state index in [0.717, 1.165) is 25.9 Å². The lowest BCUT2D eigenvalue weighted by Crippen LogP contribution is -1.84. The molecule has 1 heterocycles. The first-order valence-corrected chi connectivity index (χ1v) is 4.13. The Balaban J connectivity index is 2.32. The maximum atomic E-state index is 3.77. The van der Waals surface area contributed by atoms with E-state index in [1.54, 1.807) is 0 Å². The molecule has 0 amide bonds. The Morgan fingerprint density at radius 2 is 1.00 bits per heavy atom. The van der Waals surface area contributed by atoms with Crippen molar-refractivity contribution < 1.29 is 0 Å². The highest BCUT2D eigenvalue weighted by Gasteiger charge is 1.89. The summed E-state index contributed by atoms with van der Waals surface area (Å²) in [5.41, 5.74) is 0. The van der Waals surface area contributed by atoms with Crippen LogP contribution in [-0.4, -0.2) is 13.1 Å². The van der Waals surface area contributed by atoms with E-state index in [1.807, 2.05) is 0 Å². The summed E-state index contributed by atoms with van der Waals surface area (Å²) in [7, 11) is 0. The highest BCUT2D eigenvalue weighted by Crippen LogP contribution is 2.01. The summed E-state index contributed by atoms with van der Waals surface area (Å²) in [6.45, 7) is 1.46. The van der Waals surface area contributed by atoms with Gasteiger partial charge in [0.05, 0.1) is 13.1 Å². The quantitative estimate of drug-likeness (QED) is 0.533. The number of hydrogen-bond donors (Lipinski definition) is 0. The van der Waals surface area contributed by atoms with Gasteiger partial charge in [-0.05, 0) is 33.7 Å². The van der Waals surface area contributed by atoms with Crippen molar-refractivity contribution in [3.05, 3.63) is 0 Å². The fourth-order valence-corrected chi connectivity index (χ4v) is 0.900. The zero-order chi connectivity index (χ0) is 8.49. The molecule has 1 rings (SSSR count). The first-order chi connectivity index (χ1) is 6.00.